The number of hydrogen-bond donors (Lipinski definition) is 1. The van der Waals surface area contributed by atoms with Crippen LogP contribution in [0.3, 0.4) is 0 Å². The molecule has 15 heavy (non-hydrogen) atoms. The summed E-state index contributed by atoms with van der Waals surface area (Å²) < 4.78 is 10.5. The third-order valence-electron chi connectivity index (χ3n) is 1.92. The van der Waals surface area contributed by atoms with Crippen LogP contribution in [0.25, 0.3) is 0 Å². The van der Waals surface area contributed by atoms with Gasteiger partial charge in [0.2, 0.25) is 0 Å². The second-order valence-corrected chi connectivity index (χ2v) is 3.01. The van der Waals surface area contributed by atoms with Crippen LogP contribution in [0.2, 0.25) is 0 Å². The first kappa shape index (κ1) is 11.4. The third-order valence-corrected chi connectivity index (χ3v) is 1.92. The van der Waals surface area contributed by atoms with E-state index in [0.717, 1.165) is 12.1 Å². The average Bonchev–Trinajstić information content (AvgIpc) is 2.27. The lowest BCUT2D eigenvalue weighted by molar-refractivity contribution is 0.330. The van der Waals surface area contributed by atoms with Crippen molar-refractivity contribution in [2.45, 2.75) is 6.54 Å². The fourth-order valence-corrected chi connectivity index (χ4v) is 1.27. The molecule has 80 valence electrons. The van der Waals surface area contributed by atoms with Gasteiger partial charge >= 0.3 is 0 Å². The molecule has 1 N–H and O–H groups in total. The van der Waals surface area contributed by atoms with Crippen LogP contribution >= 0.6 is 0 Å². The summed E-state index contributed by atoms with van der Waals surface area (Å²) in [5.41, 5.74) is 1.13. The third kappa shape index (κ3) is 3.19. The summed E-state index contributed by atoms with van der Waals surface area (Å²) in [6.07, 6.45) is 5.14. The Kier molecular flexibility index (Phi) is 4.52. The fraction of sp³-hybridized carbons (Fsp3) is 0.333. The molecule has 1 aromatic rings. The highest BCUT2D eigenvalue weighted by molar-refractivity contribution is 5.43. The maximum absolute atomic E-state index is 5.38. The van der Waals surface area contributed by atoms with Crippen molar-refractivity contribution in [2.24, 2.45) is 0 Å². The Morgan fingerprint density at radius 1 is 1.40 bits per heavy atom. The molecule has 0 aliphatic carbocycles. The van der Waals surface area contributed by atoms with E-state index < -0.39 is 0 Å². The number of benzene rings is 1. The van der Waals surface area contributed by atoms with E-state index in [9.17, 15) is 0 Å². The predicted octanol–water partition coefficient (Wildman–Crippen LogP) is 1.43. The molecule has 0 aliphatic rings. The van der Waals surface area contributed by atoms with Gasteiger partial charge in [-0.15, -0.1) is 6.42 Å². The first-order chi connectivity index (χ1) is 7.31. The SMILES string of the molecule is C#CCOc1cc(CNC)ccc1OC. The van der Waals surface area contributed by atoms with E-state index in [0.29, 0.717) is 11.5 Å². The minimum Gasteiger partial charge on any atom is -0.493 e. The van der Waals surface area contributed by atoms with Gasteiger partial charge in [0.1, 0.15) is 6.61 Å². The summed E-state index contributed by atoms with van der Waals surface area (Å²) in [6.45, 7) is 1.04. The van der Waals surface area contributed by atoms with Gasteiger partial charge in [0.15, 0.2) is 11.5 Å². The van der Waals surface area contributed by atoms with E-state index in [2.05, 4.69) is 11.2 Å². The van der Waals surface area contributed by atoms with E-state index in [-0.39, 0.29) is 6.61 Å². The van der Waals surface area contributed by atoms with Crippen LogP contribution in [-0.4, -0.2) is 20.8 Å². The normalized spacial score (nSPS) is 9.40. The second-order valence-electron chi connectivity index (χ2n) is 3.01. The minimum atomic E-state index is 0.249. The first-order valence-corrected chi connectivity index (χ1v) is 4.69. The lowest BCUT2D eigenvalue weighted by Crippen LogP contribution is -2.05. The lowest BCUT2D eigenvalue weighted by Gasteiger charge is -2.10. The molecule has 0 atom stereocenters. The summed E-state index contributed by atoms with van der Waals surface area (Å²) in [6, 6.07) is 5.78. The van der Waals surface area contributed by atoms with E-state index >= 15 is 0 Å². The Hall–Kier alpha value is -1.66. The van der Waals surface area contributed by atoms with Crippen LogP contribution in [0.1, 0.15) is 5.56 Å². The highest BCUT2D eigenvalue weighted by Crippen LogP contribution is 2.27. The topological polar surface area (TPSA) is 30.5 Å². The Bertz CT molecular complexity index is 355. The summed E-state index contributed by atoms with van der Waals surface area (Å²) in [5.74, 6) is 3.81. The van der Waals surface area contributed by atoms with Gasteiger partial charge in [-0.1, -0.05) is 12.0 Å². The van der Waals surface area contributed by atoms with Crippen molar-refractivity contribution in [1.82, 2.24) is 5.32 Å². The maximum Gasteiger partial charge on any atom is 0.162 e. The van der Waals surface area contributed by atoms with Gasteiger partial charge in [0, 0.05) is 6.54 Å². The molecule has 0 amide bonds. The second kappa shape index (κ2) is 5.94. The van der Waals surface area contributed by atoms with E-state index in [4.69, 9.17) is 15.9 Å². The molecular formula is C12H15NO2. The van der Waals surface area contributed by atoms with Crippen molar-refractivity contribution in [3.8, 4) is 23.8 Å². The Morgan fingerprint density at radius 2 is 2.20 bits per heavy atom. The standard InChI is InChI=1S/C12H15NO2/c1-4-7-15-12-8-10(9-13-2)5-6-11(12)14-3/h1,5-6,8,13H,7,9H2,2-3H3. The lowest BCUT2D eigenvalue weighted by atomic mass is 10.2. The molecule has 0 radical (unpaired) electrons. The molecule has 0 saturated carbocycles. The molecule has 3 nitrogen and oxygen atoms in total. The molecule has 0 unspecified atom stereocenters. The van der Waals surface area contributed by atoms with Crippen molar-refractivity contribution >= 4 is 0 Å². The molecule has 0 saturated heterocycles. The van der Waals surface area contributed by atoms with Crippen molar-refractivity contribution in [2.75, 3.05) is 20.8 Å². The van der Waals surface area contributed by atoms with Gasteiger partial charge in [0.25, 0.3) is 0 Å². The first-order valence-electron chi connectivity index (χ1n) is 4.69. The Morgan fingerprint density at radius 3 is 2.80 bits per heavy atom. The quantitative estimate of drug-likeness (QED) is 0.738. The molecule has 1 aromatic carbocycles. The smallest absolute Gasteiger partial charge is 0.162 e. The monoisotopic (exact) mass is 205 g/mol. The number of ether oxygens (including phenoxy) is 2. The zero-order valence-corrected chi connectivity index (χ0v) is 9.04. The summed E-state index contributed by atoms with van der Waals surface area (Å²) >= 11 is 0. The van der Waals surface area contributed by atoms with Crippen LogP contribution < -0.4 is 14.8 Å². The summed E-state index contributed by atoms with van der Waals surface area (Å²) in [4.78, 5) is 0. The van der Waals surface area contributed by atoms with Crippen LogP contribution in [0.5, 0.6) is 11.5 Å². The molecule has 0 fully saturated rings. The fourth-order valence-electron chi connectivity index (χ4n) is 1.27. The zero-order chi connectivity index (χ0) is 11.1. The number of nitrogens with one attached hydrogen (secondary N) is 1. The number of rotatable bonds is 5. The van der Waals surface area contributed by atoms with Gasteiger partial charge in [-0.05, 0) is 24.7 Å². The Labute approximate surface area is 90.4 Å². The Balaban J connectivity index is 2.87. The van der Waals surface area contributed by atoms with Gasteiger partial charge < -0.3 is 14.8 Å². The highest BCUT2D eigenvalue weighted by atomic mass is 16.5. The molecule has 0 aromatic heterocycles. The molecule has 3 heteroatoms. The number of hydrogen-bond acceptors (Lipinski definition) is 3. The number of terminal acetylenes is 1. The molecule has 0 spiro atoms. The van der Waals surface area contributed by atoms with Crippen molar-refractivity contribution < 1.29 is 9.47 Å². The van der Waals surface area contributed by atoms with Gasteiger partial charge in [-0.3, -0.25) is 0 Å². The summed E-state index contributed by atoms with van der Waals surface area (Å²) in [7, 11) is 3.50. The largest absolute Gasteiger partial charge is 0.493 e. The minimum absolute atomic E-state index is 0.249. The van der Waals surface area contributed by atoms with Gasteiger partial charge in [-0.2, -0.15) is 0 Å². The molecular weight excluding hydrogens is 190 g/mol. The van der Waals surface area contributed by atoms with Crippen LogP contribution in [0.4, 0.5) is 0 Å². The molecule has 0 bridgehead atoms. The van der Waals surface area contributed by atoms with Crippen molar-refractivity contribution in [1.29, 1.82) is 0 Å². The summed E-state index contributed by atoms with van der Waals surface area (Å²) in [5, 5.41) is 3.07. The molecule has 0 heterocycles. The van der Waals surface area contributed by atoms with Crippen LogP contribution in [0.15, 0.2) is 18.2 Å². The molecule has 1 rings (SSSR count). The van der Waals surface area contributed by atoms with Gasteiger partial charge in [0.05, 0.1) is 7.11 Å². The van der Waals surface area contributed by atoms with Crippen LogP contribution in [-0.2, 0) is 6.54 Å². The van der Waals surface area contributed by atoms with E-state index in [1.54, 1.807) is 7.11 Å². The van der Waals surface area contributed by atoms with Gasteiger partial charge in [-0.25, -0.2) is 0 Å². The van der Waals surface area contributed by atoms with E-state index in [1.165, 1.54) is 0 Å². The maximum atomic E-state index is 5.38. The van der Waals surface area contributed by atoms with Crippen LogP contribution in [0, 0.1) is 12.3 Å². The number of methoxy groups -OCH3 is 1. The molecule has 0 aliphatic heterocycles. The van der Waals surface area contributed by atoms with Crippen molar-refractivity contribution in [3.63, 3.8) is 0 Å². The average molecular weight is 205 g/mol. The zero-order valence-electron chi connectivity index (χ0n) is 9.04. The van der Waals surface area contributed by atoms with E-state index in [1.807, 2.05) is 25.2 Å². The van der Waals surface area contributed by atoms with Crippen molar-refractivity contribution in [3.05, 3.63) is 23.8 Å². The highest BCUT2D eigenvalue weighted by Gasteiger charge is 2.04. The predicted molar refractivity (Wildman–Crippen MR) is 60.1 cm³/mol.